The second kappa shape index (κ2) is 7.08. The molecule has 1 aliphatic heterocycles. The highest BCUT2D eigenvalue weighted by Gasteiger charge is 2.72. The van der Waals surface area contributed by atoms with E-state index in [4.69, 9.17) is 4.42 Å². The van der Waals surface area contributed by atoms with E-state index < -0.39 is 46.1 Å². The van der Waals surface area contributed by atoms with Crippen LogP contribution in [0.2, 0.25) is 0 Å². The normalized spacial score (nSPS) is 22.9. The first-order valence-electron chi connectivity index (χ1n) is 9.98. The Bertz CT molecular complexity index is 1130. The molecule has 6 nitrogen and oxygen atoms in total. The van der Waals surface area contributed by atoms with Gasteiger partial charge in [-0.05, 0) is 43.0 Å². The molecule has 0 spiro atoms. The lowest BCUT2D eigenvalue weighted by molar-refractivity contribution is -0.186. The van der Waals surface area contributed by atoms with Crippen molar-refractivity contribution in [3.63, 3.8) is 0 Å². The quantitative estimate of drug-likeness (QED) is 0.762. The van der Waals surface area contributed by atoms with Crippen LogP contribution in [0, 0.1) is 12.3 Å². The molecule has 0 bridgehead atoms. The third kappa shape index (κ3) is 3.23. The smallest absolute Gasteiger partial charge is 0.425 e. The number of nitrogens with zero attached hydrogens (tertiary/aromatic N) is 1. The van der Waals surface area contributed by atoms with E-state index >= 15 is 0 Å². The van der Waals surface area contributed by atoms with Crippen molar-refractivity contribution in [2.24, 2.45) is 5.41 Å². The van der Waals surface area contributed by atoms with E-state index in [-0.39, 0.29) is 24.2 Å². The van der Waals surface area contributed by atoms with Gasteiger partial charge in [0, 0.05) is 17.8 Å². The largest absolute Gasteiger partial charge is 0.459 e. The summed E-state index contributed by atoms with van der Waals surface area (Å²) in [5, 5.41) is 1.83. The second-order valence-corrected chi connectivity index (χ2v) is 8.92. The zero-order valence-electron chi connectivity index (χ0n) is 17.7. The van der Waals surface area contributed by atoms with Gasteiger partial charge in [0.25, 0.3) is 11.8 Å². The maximum atomic E-state index is 14.7. The number of furan rings is 1. The summed E-state index contributed by atoms with van der Waals surface area (Å²) in [7, 11) is 0. The van der Waals surface area contributed by atoms with Gasteiger partial charge in [0.15, 0.2) is 11.5 Å². The molecule has 1 N–H and O–H groups in total. The maximum absolute atomic E-state index is 14.7. The number of rotatable bonds is 3. The van der Waals surface area contributed by atoms with Crippen LogP contribution < -0.4 is 10.2 Å². The monoisotopic (exact) mass is 446 g/mol. The Morgan fingerprint density at radius 3 is 2.31 bits per heavy atom. The van der Waals surface area contributed by atoms with Crippen LogP contribution in [-0.4, -0.2) is 29.3 Å². The fourth-order valence-corrected chi connectivity index (χ4v) is 4.36. The minimum absolute atomic E-state index is 0.0443. The lowest BCUT2D eigenvalue weighted by Gasteiger charge is -2.35. The molecule has 0 fully saturated rings. The van der Waals surface area contributed by atoms with Crippen molar-refractivity contribution in [1.82, 2.24) is 5.32 Å². The fourth-order valence-electron chi connectivity index (χ4n) is 4.36. The number of carbonyl (C=O) groups is 3. The van der Waals surface area contributed by atoms with Crippen molar-refractivity contribution in [2.45, 2.75) is 45.3 Å². The van der Waals surface area contributed by atoms with Gasteiger partial charge < -0.3 is 9.73 Å². The molecular formula is C23H21F3N2O4. The van der Waals surface area contributed by atoms with Gasteiger partial charge >= 0.3 is 6.18 Å². The average Bonchev–Trinajstić information content (AvgIpc) is 3.28. The molecule has 2 heterocycles. The molecule has 1 aromatic carbocycles. The highest BCUT2D eigenvalue weighted by atomic mass is 19.4. The summed E-state index contributed by atoms with van der Waals surface area (Å²) in [6, 6.07) is 8.87. The van der Waals surface area contributed by atoms with E-state index in [0.29, 0.717) is 0 Å². The number of benzene rings is 1. The molecule has 0 radical (unpaired) electrons. The molecule has 2 aromatic rings. The number of aryl methyl sites for hydroxylation is 1. The SMILES string of the molecule is Cc1ccc(N2C(=O)[C@](NC(=O)c3ccco3)(C(F)(F)F)C3=C2CC(C)(C)CC3=O)cc1. The molecule has 9 heteroatoms. The first-order valence-corrected chi connectivity index (χ1v) is 9.98. The number of halogens is 3. The number of nitrogens with one attached hydrogen (secondary N) is 1. The number of hydrogen-bond acceptors (Lipinski definition) is 4. The van der Waals surface area contributed by atoms with E-state index in [9.17, 15) is 27.6 Å². The Balaban J connectivity index is 1.95. The van der Waals surface area contributed by atoms with E-state index in [2.05, 4.69) is 0 Å². The molecule has 0 unspecified atom stereocenters. The molecule has 2 amide bonds. The first kappa shape index (κ1) is 21.9. The van der Waals surface area contributed by atoms with Gasteiger partial charge in [-0.2, -0.15) is 13.2 Å². The Morgan fingerprint density at radius 1 is 1.09 bits per heavy atom. The molecule has 0 saturated heterocycles. The molecule has 32 heavy (non-hydrogen) atoms. The van der Waals surface area contributed by atoms with Gasteiger partial charge in [0.2, 0.25) is 5.54 Å². The predicted molar refractivity (Wildman–Crippen MR) is 109 cm³/mol. The number of ketones is 1. The van der Waals surface area contributed by atoms with Crippen LogP contribution in [0.15, 0.2) is 58.3 Å². The molecule has 1 aromatic heterocycles. The van der Waals surface area contributed by atoms with Crippen LogP contribution in [0.1, 0.15) is 42.8 Å². The van der Waals surface area contributed by atoms with Crippen LogP contribution in [-0.2, 0) is 9.59 Å². The lowest BCUT2D eigenvalue weighted by Crippen LogP contribution is -2.66. The first-order chi connectivity index (χ1) is 14.9. The van der Waals surface area contributed by atoms with E-state index in [0.717, 1.165) is 16.7 Å². The van der Waals surface area contributed by atoms with Crippen molar-refractivity contribution >= 4 is 23.3 Å². The number of Topliss-reactive ketones (excluding diaryl/α,β-unsaturated/α-hetero) is 1. The van der Waals surface area contributed by atoms with Crippen LogP contribution in [0.4, 0.5) is 18.9 Å². The average molecular weight is 446 g/mol. The molecule has 4 rings (SSSR count). The summed E-state index contributed by atoms with van der Waals surface area (Å²) < 4.78 is 49.0. The summed E-state index contributed by atoms with van der Waals surface area (Å²) in [6.45, 7) is 5.31. The van der Waals surface area contributed by atoms with Gasteiger partial charge in [0.05, 0.1) is 11.8 Å². The standard InChI is InChI=1S/C23H21F3N2O4/c1-13-6-8-14(9-7-13)28-15-11-21(2,3)12-16(29)18(15)22(20(28)31,23(24,25)26)27-19(30)17-5-4-10-32-17/h4-10H,11-12H2,1-3H3,(H,27,30)/t22-/m0/s1. The van der Waals surface area contributed by atoms with Crippen LogP contribution >= 0.6 is 0 Å². The van der Waals surface area contributed by atoms with Gasteiger partial charge in [-0.15, -0.1) is 0 Å². The summed E-state index contributed by atoms with van der Waals surface area (Å²) in [5.41, 5.74) is -3.90. The molecule has 1 aliphatic carbocycles. The highest BCUT2D eigenvalue weighted by Crippen LogP contribution is 2.52. The van der Waals surface area contributed by atoms with Crippen molar-refractivity contribution in [2.75, 3.05) is 4.90 Å². The summed E-state index contributed by atoms with van der Waals surface area (Å²) in [4.78, 5) is 40.2. The minimum Gasteiger partial charge on any atom is -0.459 e. The Kier molecular flexibility index (Phi) is 4.84. The molecular weight excluding hydrogens is 425 g/mol. The number of alkyl halides is 3. The van der Waals surface area contributed by atoms with Crippen molar-refractivity contribution < 1.29 is 32.0 Å². The van der Waals surface area contributed by atoms with Gasteiger partial charge in [-0.25, -0.2) is 0 Å². The number of amides is 2. The number of allylic oxidation sites excluding steroid dienone is 1. The van der Waals surface area contributed by atoms with Crippen LogP contribution in [0.5, 0.6) is 0 Å². The summed E-state index contributed by atoms with van der Waals surface area (Å²) in [5.74, 6) is -3.90. The van der Waals surface area contributed by atoms with Crippen molar-refractivity contribution in [1.29, 1.82) is 0 Å². The Morgan fingerprint density at radius 2 is 1.75 bits per heavy atom. The molecule has 1 atom stereocenters. The Hall–Kier alpha value is -3.36. The van der Waals surface area contributed by atoms with Crippen LogP contribution in [0.3, 0.4) is 0 Å². The third-order valence-corrected chi connectivity index (χ3v) is 5.78. The van der Waals surface area contributed by atoms with Crippen molar-refractivity contribution in [3.8, 4) is 0 Å². The molecule has 168 valence electrons. The van der Waals surface area contributed by atoms with E-state index in [1.165, 1.54) is 24.3 Å². The fraction of sp³-hybridized carbons (Fsp3) is 0.348. The molecule has 0 saturated carbocycles. The zero-order valence-corrected chi connectivity index (χ0v) is 17.7. The summed E-state index contributed by atoms with van der Waals surface area (Å²) in [6.07, 6.45) is -4.27. The summed E-state index contributed by atoms with van der Waals surface area (Å²) >= 11 is 0. The molecule has 2 aliphatic rings. The zero-order chi connectivity index (χ0) is 23.5. The highest BCUT2D eigenvalue weighted by molar-refractivity contribution is 6.21. The Labute approximate surface area is 182 Å². The number of hydrogen-bond donors (Lipinski definition) is 1. The topological polar surface area (TPSA) is 79.6 Å². The number of anilines is 1. The van der Waals surface area contributed by atoms with Gasteiger partial charge in [0.1, 0.15) is 0 Å². The predicted octanol–water partition coefficient (Wildman–Crippen LogP) is 4.31. The van der Waals surface area contributed by atoms with Gasteiger partial charge in [-0.1, -0.05) is 31.5 Å². The number of carbonyl (C=O) groups excluding carboxylic acids is 3. The van der Waals surface area contributed by atoms with Crippen molar-refractivity contribution in [3.05, 3.63) is 65.3 Å². The van der Waals surface area contributed by atoms with Gasteiger partial charge in [-0.3, -0.25) is 19.3 Å². The third-order valence-electron chi connectivity index (χ3n) is 5.78. The maximum Gasteiger partial charge on any atom is 0.425 e. The minimum atomic E-state index is -5.27. The van der Waals surface area contributed by atoms with E-state index in [1.807, 2.05) is 5.32 Å². The van der Waals surface area contributed by atoms with Crippen LogP contribution in [0.25, 0.3) is 0 Å². The second-order valence-electron chi connectivity index (χ2n) is 8.92. The van der Waals surface area contributed by atoms with E-state index in [1.54, 1.807) is 32.9 Å². The lowest BCUT2D eigenvalue weighted by atomic mass is 9.72.